The minimum absolute atomic E-state index is 0.0356. The molecule has 1 amide bonds. The molecule has 1 aliphatic rings. The SMILES string of the molecule is CC(C)(C)OC(=O)CN(Cc1ccccc1)NC(=O)OCC1c2ccccc2-c2ccccc21. The lowest BCUT2D eigenvalue weighted by atomic mass is 9.98. The summed E-state index contributed by atoms with van der Waals surface area (Å²) in [7, 11) is 0. The van der Waals surface area contributed by atoms with Crippen LogP contribution >= 0.6 is 0 Å². The highest BCUT2D eigenvalue weighted by Crippen LogP contribution is 2.44. The number of esters is 1. The predicted octanol–water partition coefficient (Wildman–Crippen LogP) is 5.28. The summed E-state index contributed by atoms with van der Waals surface area (Å²) in [4.78, 5) is 25.2. The van der Waals surface area contributed by atoms with Gasteiger partial charge in [-0.15, -0.1) is 0 Å². The Kier molecular flexibility index (Phi) is 6.98. The van der Waals surface area contributed by atoms with E-state index in [4.69, 9.17) is 9.47 Å². The maximum atomic E-state index is 12.8. The number of hydrogen-bond donors (Lipinski definition) is 1. The van der Waals surface area contributed by atoms with Crippen molar-refractivity contribution in [2.45, 2.75) is 38.8 Å². The largest absolute Gasteiger partial charge is 0.459 e. The fourth-order valence-electron chi connectivity index (χ4n) is 4.23. The van der Waals surface area contributed by atoms with Crippen molar-refractivity contribution < 1.29 is 19.1 Å². The van der Waals surface area contributed by atoms with E-state index >= 15 is 0 Å². The van der Waals surface area contributed by atoms with Gasteiger partial charge in [-0.05, 0) is 48.6 Å². The van der Waals surface area contributed by atoms with E-state index < -0.39 is 17.7 Å². The predicted molar refractivity (Wildman–Crippen MR) is 131 cm³/mol. The average Bonchev–Trinajstić information content (AvgIpc) is 3.11. The van der Waals surface area contributed by atoms with Crippen molar-refractivity contribution in [3.8, 4) is 11.1 Å². The molecule has 0 bridgehead atoms. The maximum absolute atomic E-state index is 12.8. The van der Waals surface area contributed by atoms with Gasteiger partial charge < -0.3 is 9.47 Å². The Morgan fingerprint density at radius 1 is 0.853 bits per heavy atom. The fourth-order valence-corrected chi connectivity index (χ4v) is 4.23. The number of nitrogens with zero attached hydrogens (tertiary/aromatic N) is 1. The Morgan fingerprint density at radius 3 is 2.00 bits per heavy atom. The Hall–Kier alpha value is -3.64. The van der Waals surface area contributed by atoms with Crippen molar-refractivity contribution in [3.63, 3.8) is 0 Å². The molecule has 0 saturated carbocycles. The van der Waals surface area contributed by atoms with Crippen LogP contribution < -0.4 is 5.43 Å². The van der Waals surface area contributed by atoms with Crippen molar-refractivity contribution in [3.05, 3.63) is 95.6 Å². The summed E-state index contributed by atoms with van der Waals surface area (Å²) in [5, 5.41) is 1.52. The number of carbonyl (C=O) groups is 2. The summed E-state index contributed by atoms with van der Waals surface area (Å²) in [6.45, 7) is 5.87. The number of amides is 1. The second-order valence-electron chi connectivity index (χ2n) is 9.37. The van der Waals surface area contributed by atoms with Gasteiger partial charge in [-0.1, -0.05) is 78.9 Å². The molecular formula is C28H30N2O4. The molecule has 0 heterocycles. The molecule has 1 aliphatic carbocycles. The highest BCUT2D eigenvalue weighted by atomic mass is 16.6. The molecule has 6 heteroatoms. The average molecular weight is 459 g/mol. The summed E-state index contributed by atoms with van der Waals surface area (Å²) < 4.78 is 11.1. The maximum Gasteiger partial charge on any atom is 0.421 e. The second kappa shape index (κ2) is 10.1. The number of carbonyl (C=O) groups excluding carboxylic acids is 2. The van der Waals surface area contributed by atoms with Gasteiger partial charge in [0.25, 0.3) is 0 Å². The fraction of sp³-hybridized carbons (Fsp3) is 0.286. The molecule has 6 nitrogen and oxygen atoms in total. The lowest BCUT2D eigenvalue weighted by Gasteiger charge is -2.25. The first kappa shape index (κ1) is 23.5. The smallest absolute Gasteiger partial charge is 0.421 e. The van der Waals surface area contributed by atoms with Crippen LogP contribution in [-0.2, 0) is 20.8 Å². The summed E-state index contributed by atoms with van der Waals surface area (Å²) in [5.41, 5.74) is 7.69. The van der Waals surface area contributed by atoms with Crippen LogP contribution in [-0.4, -0.2) is 35.8 Å². The van der Waals surface area contributed by atoms with Crippen LogP contribution in [0.2, 0.25) is 0 Å². The zero-order chi connectivity index (χ0) is 24.1. The molecule has 0 aliphatic heterocycles. The molecule has 0 atom stereocenters. The van der Waals surface area contributed by atoms with Crippen LogP contribution in [0.25, 0.3) is 11.1 Å². The van der Waals surface area contributed by atoms with Gasteiger partial charge in [0.15, 0.2) is 0 Å². The molecule has 0 fully saturated rings. The molecule has 3 aromatic rings. The van der Waals surface area contributed by atoms with E-state index in [9.17, 15) is 9.59 Å². The van der Waals surface area contributed by atoms with Gasteiger partial charge in [0.2, 0.25) is 0 Å². The topological polar surface area (TPSA) is 67.9 Å². The second-order valence-corrected chi connectivity index (χ2v) is 9.37. The molecule has 3 aromatic carbocycles. The van der Waals surface area contributed by atoms with Crippen LogP contribution in [0.3, 0.4) is 0 Å². The van der Waals surface area contributed by atoms with Gasteiger partial charge in [0.1, 0.15) is 18.8 Å². The molecular weight excluding hydrogens is 428 g/mol. The molecule has 0 radical (unpaired) electrons. The number of ether oxygens (including phenoxy) is 2. The molecule has 0 spiro atoms. The first-order valence-electron chi connectivity index (χ1n) is 11.4. The van der Waals surface area contributed by atoms with E-state index in [1.165, 1.54) is 16.1 Å². The standard InChI is InChI=1S/C28H30N2O4/c1-28(2,3)34-26(31)18-30(17-20-11-5-4-6-12-20)29-27(32)33-19-25-23-15-9-7-13-21(23)22-14-8-10-16-24(22)25/h4-16,25H,17-19H2,1-3H3,(H,29,32). The van der Waals surface area contributed by atoms with E-state index in [1.54, 1.807) is 0 Å². The van der Waals surface area contributed by atoms with E-state index in [2.05, 4.69) is 29.7 Å². The van der Waals surface area contributed by atoms with Gasteiger partial charge in [0, 0.05) is 12.5 Å². The minimum atomic E-state index is -0.612. The number of rotatable bonds is 7. The van der Waals surface area contributed by atoms with Gasteiger partial charge >= 0.3 is 12.1 Å². The summed E-state index contributed by atoms with van der Waals surface area (Å²) in [6, 6.07) is 26.0. The molecule has 1 N–H and O–H groups in total. The third-order valence-electron chi connectivity index (χ3n) is 5.55. The zero-order valence-corrected chi connectivity index (χ0v) is 19.8. The quantitative estimate of drug-likeness (QED) is 0.385. The summed E-state index contributed by atoms with van der Waals surface area (Å²) >= 11 is 0. The van der Waals surface area contributed by atoms with Crippen LogP contribution in [0.1, 0.15) is 43.4 Å². The van der Waals surface area contributed by atoms with E-state index in [0.717, 1.165) is 16.7 Å². The van der Waals surface area contributed by atoms with Crippen molar-refractivity contribution in [2.75, 3.05) is 13.2 Å². The van der Waals surface area contributed by atoms with Gasteiger partial charge in [0.05, 0.1) is 0 Å². The molecule has 0 aromatic heterocycles. The normalized spacial score (nSPS) is 12.7. The van der Waals surface area contributed by atoms with E-state index in [0.29, 0.717) is 6.54 Å². The first-order valence-corrected chi connectivity index (χ1v) is 11.4. The molecule has 0 saturated heterocycles. The minimum Gasteiger partial charge on any atom is -0.459 e. The van der Waals surface area contributed by atoms with Crippen molar-refractivity contribution in [1.82, 2.24) is 10.4 Å². The number of hydrogen-bond acceptors (Lipinski definition) is 5. The first-order chi connectivity index (χ1) is 16.3. The third kappa shape index (κ3) is 5.83. The lowest BCUT2D eigenvalue weighted by Crippen LogP contribution is -2.46. The Labute approximate surface area is 200 Å². The van der Waals surface area contributed by atoms with E-state index in [1.807, 2.05) is 75.4 Å². The van der Waals surface area contributed by atoms with Crippen LogP contribution in [0.4, 0.5) is 4.79 Å². The van der Waals surface area contributed by atoms with Gasteiger partial charge in [-0.2, -0.15) is 0 Å². The molecule has 4 rings (SSSR count). The number of nitrogens with one attached hydrogen (secondary N) is 1. The van der Waals surface area contributed by atoms with Crippen LogP contribution in [0.5, 0.6) is 0 Å². The zero-order valence-electron chi connectivity index (χ0n) is 19.8. The number of hydrazine groups is 1. The summed E-state index contributed by atoms with van der Waals surface area (Å²) in [5.74, 6) is -0.464. The lowest BCUT2D eigenvalue weighted by molar-refractivity contribution is -0.156. The van der Waals surface area contributed by atoms with Crippen molar-refractivity contribution >= 4 is 12.1 Å². The number of benzene rings is 3. The number of fused-ring (bicyclic) bond motifs is 3. The highest BCUT2D eigenvalue weighted by molar-refractivity contribution is 5.79. The van der Waals surface area contributed by atoms with Crippen LogP contribution in [0, 0.1) is 0 Å². The van der Waals surface area contributed by atoms with Crippen LogP contribution in [0.15, 0.2) is 78.9 Å². The summed E-state index contributed by atoms with van der Waals surface area (Å²) in [6.07, 6.45) is -0.610. The Balaban J connectivity index is 1.43. The monoisotopic (exact) mass is 458 g/mol. The highest BCUT2D eigenvalue weighted by Gasteiger charge is 2.29. The molecule has 34 heavy (non-hydrogen) atoms. The Morgan fingerprint density at radius 2 is 1.41 bits per heavy atom. The molecule has 0 unspecified atom stereocenters. The van der Waals surface area contributed by atoms with Gasteiger partial charge in [-0.3, -0.25) is 10.2 Å². The Bertz CT molecular complexity index is 1110. The third-order valence-corrected chi connectivity index (χ3v) is 5.55. The molecule has 176 valence electrons. The van der Waals surface area contributed by atoms with Crippen molar-refractivity contribution in [1.29, 1.82) is 0 Å². The van der Waals surface area contributed by atoms with E-state index in [-0.39, 0.29) is 19.1 Å². The van der Waals surface area contributed by atoms with Gasteiger partial charge in [-0.25, -0.2) is 9.80 Å². The van der Waals surface area contributed by atoms with Crippen molar-refractivity contribution in [2.24, 2.45) is 0 Å².